The molecule has 2 rings (SSSR count). The molecule has 1 fully saturated rings. The summed E-state index contributed by atoms with van der Waals surface area (Å²) in [5, 5.41) is 12.5. The van der Waals surface area contributed by atoms with E-state index in [2.05, 4.69) is 10.3 Å². The maximum Gasteiger partial charge on any atom is 0.337 e. The van der Waals surface area contributed by atoms with Crippen molar-refractivity contribution in [3.8, 4) is 0 Å². The Morgan fingerprint density at radius 2 is 2.05 bits per heavy atom. The summed E-state index contributed by atoms with van der Waals surface area (Å²) >= 11 is 1.32. The van der Waals surface area contributed by atoms with Crippen LogP contribution in [0.4, 0.5) is 0 Å². The fourth-order valence-corrected chi connectivity index (χ4v) is 2.90. The number of pyridine rings is 1. The molecular formula is C14H18N2O3S. The van der Waals surface area contributed by atoms with Gasteiger partial charge in [0.15, 0.2) is 0 Å². The number of nitrogens with one attached hydrogen (secondary N) is 1. The number of aromatic carboxylic acids is 1. The molecule has 20 heavy (non-hydrogen) atoms. The van der Waals surface area contributed by atoms with Crippen molar-refractivity contribution >= 4 is 23.6 Å². The van der Waals surface area contributed by atoms with Crippen LogP contribution < -0.4 is 5.32 Å². The van der Waals surface area contributed by atoms with Crippen LogP contribution in [-0.4, -0.2) is 33.8 Å². The third-order valence-corrected chi connectivity index (χ3v) is 4.25. The Kier molecular flexibility index (Phi) is 5.40. The number of aromatic nitrogens is 1. The number of carbonyl (C=O) groups is 2. The molecule has 1 aromatic rings. The van der Waals surface area contributed by atoms with Crippen molar-refractivity contribution in [2.75, 3.05) is 5.75 Å². The molecule has 0 unspecified atom stereocenters. The monoisotopic (exact) mass is 294 g/mol. The van der Waals surface area contributed by atoms with Gasteiger partial charge in [0.25, 0.3) is 0 Å². The third kappa shape index (κ3) is 4.52. The minimum absolute atomic E-state index is 0.0195. The lowest BCUT2D eigenvalue weighted by Gasteiger charge is -2.22. The van der Waals surface area contributed by atoms with E-state index in [1.807, 2.05) is 0 Å². The van der Waals surface area contributed by atoms with E-state index in [-0.39, 0.29) is 11.5 Å². The van der Waals surface area contributed by atoms with Gasteiger partial charge in [-0.2, -0.15) is 0 Å². The molecule has 0 spiro atoms. The Morgan fingerprint density at radius 1 is 1.30 bits per heavy atom. The Hall–Kier alpha value is -1.56. The van der Waals surface area contributed by atoms with Crippen molar-refractivity contribution in [1.29, 1.82) is 0 Å². The number of nitrogens with zero attached hydrogens (tertiary/aromatic N) is 1. The van der Waals surface area contributed by atoms with Gasteiger partial charge >= 0.3 is 5.97 Å². The highest BCUT2D eigenvalue weighted by atomic mass is 32.2. The summed E-state index contributed by atoms with van der Waals surface area (Å²) in [5.41, 5.74) is 0.154. The predicted molar refractivity (Wildman–Crippen MR) is 76.9 cm³/mol. The molecular weight excluding hydrogens is 276 g/mol. The number of hydrogen-bond acceptors (Lipinski definition) is 4. The first-order valence-electron chi connectivity index (χ1n) is 6.76. The fourth-order valence-electron chi connectivity index (χ4n) is 2.25. The minimum atomic E-state index is -0.996. The van der Waals surface area contributed by atoms with Gasteiger partial charge in [-0.15, -0.1) is 0 Å². The maximum absolute atomic E-state index is 11.8. The average Bonchev–Trinajstić information content (AvgIpc) is 2.46. The summed E-state index contributed by atoms with van der Waals surface area (Å²) < 4.78 is 0. The molecule has 0 atom stereocenters. The number of amides is 1. The molecule has 108 valence electrons. The summed E-state index contributed by atoms with van der Waals surface area (Å²) in [4.78, 5) is 26.5. The van der Waals surface area contributed by atoms with Gasteiger partial charge in [-0.25, -0.2) is 9.78 Å². The molecule has 0 aromatic carbocycles. The second-order valence-corrected chi connectivity index (χ2v) is 5.88. The second-order valence-electron chi connectivity index (χ2n) is 4.88. The van der Waals surface area contributed by atoms with Crippen LogP contribution in [-0.2, 0) is 4.79 Å². The van der Waals surface area contributed by atoms with Gasteiger partial charge in [0.05, 0.1) is 16.3 Å². The van der Waals surface area contributed by atoms with E-state index in [0.29, 0.717) is 16.8 Å². The molecule has 0 radical (unpaired) electrons. The van der Waals surface area contributed by atoms with Crippen molar-refractivity contribution in [2.45, 2.75) is 43.2 Å². The summed E-state index contributed by atoms with van der Waals surface area (Å²) in [5.74, 6) is -0.661. The van der Waals surface area contributed by atoms with Gasteiger partial charge in [-0.3, -0.25) is 4.79 Å². The SMILES string of the molecule is O=C(CSc1ccc(C(=O)O)cn1)NC1CCCCC1. The number of hydrogen-bond donors (Lipinski definition) is 2. The summed E-state index contributed by atoms with van der Waals surface area (Å²) in [6.45, 7) is 0. The number of carboxylic acid groups (broad SMARTS) is 1. The lowest BCUT2D eigenvalue weighted by atomic mass is 9.95. The van der Waals surface area contributed by atoms with Gasteiger partial charge in [0.1, 0.15) is 0 Å². The number of thioether (sulfide) groups is 1. The quantitative estimate of drug-likeness (QED) is 0.815. The van der Waals surface area contributed by atoms with Crippen LogP contribution in [0.1, 0.15) is 42.5 Å². The molecule has 1 aromatic heterocycles. The second kappa shape index (κ2) is 7.28. The molecule has 1 saturated carbocycles. The van der Waals surface area contributed by atoms with Gasteiger partial charge in [0.2, 0.25) is 5.91 Å². The molecule has 1 aliphatic rings. The van der Waals surface area contributed by atoms with Crippen molar-refractivity contribution < 1.29 is 14.7 Å². The Labute approximate surface area is 122 Å². The maximum atomic E-state index is 11.8. The summed E-state index contributed by atoms with van der Waals surface area (Å²) in [6, 6.07) is 3.44. The van der Waals surface area contributed by atoms with Gasteiger partial charge in [-0.05, 0) is 25.0 Å². The molecule has 6 heteroatoms. The van der Waals surface area contributed by atoms with E-state index in [0.717, 1.165) is 12.8 Å². The average molecular weight is 294 g/mol. The number of rotatable bonds is 5. The lowest BCUT2D eigenvalue weighted by Crippen LogP contribution is -2.37. The van der Waals surface area contributed by atoms with E-state index < -0.39 is 5.97 Å². The van der Waals surface area contributed by atoms with Crippen molar-refractivity contribution in [1.82, 2.24) is 10.3 Å². The van der Waals surface area contributed by atoms with E-state index in [4.69, 9.17) is 5.11 Å². The largest absolute Gasteiger partial charge is 0.478 e. The lowest BCUT2D eigenvalue weighted by molar-refractivity contribution is -0.119. The van der Waals surface area contributed by atoms with E-state index >= 15 is 0 Å². The van der Waals surface area contributed by atoms with E-state index in [1.165, 1.54) is 43.3 Å². The van der Waals surface area contributed by atoms with Crippen LogP contribution in [0.2, 0.25) is 0 Å². The highest BCUT2D eigenvalue weighted by Crippen LogP contribution is 2.18. The van der Waals surface area contributed by atoms with Crippen LogP contribution in [0.25, 0.3) is 0 Å². The van der Waals surface area contributed by atoms with Crippen LogP contribution in [0.3, 0.4) is 0 Å². The van der Waals surface area contributed by atoms with Gasteiger partial charge in [-0.1, -0.05) is 31.0 Å². The zero-order chi connectivity index (χ0) is 14.4. The third-order valence-electron chi connectivity index (χ3n) is 3.30. The first-order chi connectivity index (χ1) is 9.65. The smallest absolute Gasteiger partial charge is 0.337 e. The predicted octanol–water partition coefficient (Wildman–Crippen LogP) is 2.32. The molecule has 5 nitrogen and oxygen atoms in total. The topological polar surface area (TPSA) is 79.3 Å². The number of carboxylic acids is 1. The van der Waals surface area contributed by atoms with Crippen molar-refractivity contribution in [3.05, 3.63) is 23.9 Å². The number of carbonyl (C=O) groups excluding carboxylic acids is 1. The zero-order valence-corrected chi connectivity index (χ0v) is 12.0. The summed E-state index contributed by atoms with van der Waals surface area (Å²) in [7, 11) is 0. The highest BCUT2D eigenvalue weighted by Gasteiger charge is 2.15. The van der Waals surface area contributed by atoms with Crippen LogP contribution in [0.15, 0.2) is 23.4 Å². The van der Waals surface area contributed by atoms with Crippen LogP contribution >= 0.6 is 11.8 Å². The Bertz CT molecular complexity index is 470. The first kappa shape index (κ1) is 14.8. The van der Waals surface area contributed by atoms with E-state index in [9.17, 15) is 9.59 Å². The van der Waals surface area contributed by atoms with Crippen molar-refractivity contribution in [3.63, 3.8) is 0 Å². The highest BCUT2D eigenvalue weighted by molar-refractivity contribution is 7.99. The molecule has 1 heterocycles. The Balaban J connectivity index is 1.76. The first-order valence-corrected chi connectivity index (χ1v) is 7.75. The Morgan fingerprint density at radius 3 is 2.65 bits per heavy atom. The molecule has 0 aliphatic heterocycles. The van der Waals surface area contributed by atoms with E-state index in [1.54, 1.807) is 6.07 Å². The molecule has 1 amide bonds. The molecule has 0 bridgehead atoms. The van der Waals surface area contributed by atoms with Gasteiger partial charge < -0.3 is 10.4 Å². The van der Waals surface area contributed by atoms with Gasteiger partial charge in [0, 0.05) is 12.2 Å². The molecule has 1 aliphatic carbocycles. The minimum Gasteiger partial charge on any atom is -0.478 e. The zero-order valence-electron chi connectivity index (χ0n) is 11.2. The van der Waals surface area contributed by atoms with Crippen molar-refractivity contribution in [2.24, 2.45) is 0 Å². The normalized spacial score (nSPS) is 15.8. The van der Waals surface area contributed by atoms with Crippen LogP contribution in [0.5, 0.6) is 0 Å². The van der Waals surface area contributed by atoms with Crippen LogP contribution in [0, 0.1) is 0 Å². The molecule has 0 saturated heterocycles. The fraction of sp³-hybridized carbons (Fsp3) is 0.500. The standard InChI is InChI=1S/C14H18N2O3S/c17-12(16-11-4-2-1-3-5-11)9-20-13-7-6-10(8-15-13)14(18)19/h6-8,11H,1-5,9H2,(H,16,17)(H,18,19). The summed E-state index contributed by atoms with van der Waals surface area (Å²) in [6.07, 6.45) is 7.10. The molecule has 2 N–H and O–H groups in total.